The van der Waals surface area contributed by atoms with Gasteiger partial charge in [0.15, 0.2) is 17.5 Å². The van der Waals surface area contributed by atoms with Gasteiger partial charge in [-0.05, 0) is 90.9 Å². The summed E-state index contributed by atoms with van der Waals surface area (Å²) in [6.45, 7) is 0. The summed E-state index contributed by atoms with van der Waals surface area (Å²) in [6.07, 6.45) is 4.46. The van der Waals surface area contributed by atoms with Gasteiger partial charge in [0, 0.05) is 49.9 Å². The molecule has 3 heterocycles. The van der Waals surface area contributed by atoms with E-state index < -0.39 is 0 Å². The number of aryl methyl sites for hydroxylation is 1. The van der Waals surface area contributed by atoms with Crippen LogP contribution in [0.25, 0.3) is 89.4 Å². The maximum absolute atomic E-state index is 5.18. The molecule has 1 aliphatic rings. The summed E-state index contributed by atoms with van der Waals surface area (Å²) >= 11 is 0. The van der Waals surface area contributed by atoms with Gasteiger partial charge >= 0.3 is 0 Å². The Balaban J connectivity index is 1.20. The van der Waals surface area contributed by atoms with E-state index in [4.69, 9.17) is 15.0 Å². The minimum atomic E-state index is 0.647. The van der Waals surface area contributed by atoms with E-state index in [-0.39, 0.29) is 0 Å². The maximum Gasteiger partial charge on any atom is 0.164 e. The molecule has 10 aromatic rings. The van der Waals surface area contributed by atoms with Crippen LogP contribution in [0, 0.1) is 0 Å². The van der Waals surface area contributed by atoms with Crippen molar-refractivity contribution in [3.8, 4) is 56.7 Å². The Labute approximate surface area is 325 Å². The van der Waals surface area contributed by atoms with Gasteiger partial charge in [0.2, 0.25) is 0 Å². The standard InChI is InChI=1S/C51H37N5/c1-5-17-34(18-6-1)37-29-38(51-53-49(35-19-7-2-8-20-35)52-50(54-51)36-21-9-3-10-22-36)31-40(30-37)56-46-28-16-14-26-42(46)44-32-43-41-25-13-15-27-45(41)55(47(43)33-48(44)56)39-23-11-4-12-24-39/h1-13,15,17-25,27,29-33H,14,16,26,28H2. The number of benzene rings is 7. The van der Waals surface area contributed by atoms with Crippen molar-refractivity contribution < 1.29 is 0 Å². The van der Waals surface area contributed by atoms with Gasteiger partial charge in [-0.2, -0.15) is 0 Å². The lowest BCUT2D eigenvalue weighted by Gasteiger charge is -2.18. The number of aromatic nitrogens is 5. The largest absolute Gasteiger partial charge is 0.313 e. The molecule has 5 nitrogen and oxygen atoms in total. The fourth-order valence-electron chi connectivity index (χ4n) is 8.76. The highest BCUT2D eigenvalue weighted by atomic mass is 15.0. The molecule has 0 fully saturated rings. The van der Waals surface area contributed by atoms with Gasteiger partial charge < -0.3 is 9.13 Å². The van der Waals surface area contributed by atoms with Gasteiger partial charge in [0.25, 0.3) is 0 Å². The Morgan fingerprint density at radius 2 is 0.875 bits per heavy atom. The highest BCUT2D eigenvalue weighted by molar-refractivity contribution is 6.14. The van der Waals surface area contributed by atoms with Crippen LogP contribution in [-0.4, -0.2) is 24.1 Å². The average molecular weight is 720 g/mol. The fraction of sp³-hybridized carbons (Fsp3) is 0.0784. The van der Waals surface area contributed by atoms with Crippen LogP contribution >= 0.6 is 0 Å². The monoisotopic (exact) mass is 719 g/mol. The highest BCUT2D eigenvalue weighted by Crippen LogP contribution is 2.42. The zero-order valence-electron chi connectivity index (χ0n) is 30.8. The second-order valence-electron chi connectivity index (χ2n) is 14.7. The van der Waals surface area contributed by atoms with Gasteiger partial charge in [0.05, 0.1) is 16.6 Å². The summed E-state index contributed by atoms with van der Waals surface area (Å²) in [5.41, 5.74) is 13.9. The molecule has 0 unspecified atom stereocenters. The van der Waals surface area contributed by atoms with E-state index in [1.54, 1.807) is 0 Å². The molecule has 0 bridgehead atoms. The van der Waals surface area contributed by atoms with Crippen molar-refractivity contribution in [3.63, 3.8) is 0 Å². The zero-order chi connectivity index (χ0) is 37.0. The molecule has 0 saturated carbocycles. The highest BCUT2D eigenvalue weighted by Gasteiger charge is 2.25. The van der Waals surface area contributed by atoms with Crippen LogP contribution in [-0.2, 0) is 12.8 Å². The van der Waals surface area contributed by atoms with E-state index in [9.17, 15) is 0 Å². The summed E-state index contributed by atoms with van der Waals surface area (Å²) < 4.78 is 4.97. The topological polar surface area (TPSA) is 48.5 Å². The van der Waals surface area contributed by atoms with E-state index in [1.807, 2.05) is 36.4 Å². The second-order valence-corrected chi connectivity index (χ2v) is 14.7. The molecular weight excluding hydrogens is 683 g/mol. The minimum absolute atomic E-state index is 0.647. The summed E-state index contributed by atoms with van der Waals surface area (Å²) in [5.74, 6) is 1.95. The average Bonchev–Trinajstić information content (AvgIpc) is 3.78. The molecule has 11 rings (SSSR count). The normalized spacial score (nSPS) is 12.7. The predicted octanol–water partition coefficient (Wildman–Crippen LogP) is 12.5. The quantitative estimate of drug-likeness (QED) is 0.172. The maximum atomic E-state index is 5.18. The number of hydrogen-bond acceptors (Lipinski definition) is 3. The van der Waals surface area contributed by atoms with Gasteiger partial charge in [-0.1, -0.05) is 127 Å². The van der Waals surface area contributed by atoms with Crippen LogP contribution in [0.15, 0.2) is 176 Å². The Morgan fingerprint density at radius 3 is 1.55 bits per heavy atom. The third-order valence-electron chi connectivity index (χ3n) is 11.3. The predicted molar refractivity (Wildman–Crippen MR) is 229 cm³/mol. The molecule has 56 heavy (non-hydrogen) atoms. The number of nitrogens with zero attached hydrogens (tertiary/aromatic N) is 5. The third-order valence-corrected chi connectivity index (χ3v) is 11.3. The molecule has 5 heteroatoms. The lowest BCUT2D eigenvalue weighted by atomic mass is 9.95. The number of fused-ring (bicyclic) bond motifs is 6. The Bertz CT molecular complexity index is 3000. The molecule has 0 radical (unpaired) electrons. The van der Waals surface area contributed by atoms with E-state index in [1.165, 1.54) is 56.8 Å². The molecule has 0 N–H and O–H groups in total. The van der Waals surface area contributed by atoms with Crippen molar-refractivity contribution in [1.82, 2.24) is 24.1 Å². The zero-order valence-corrected chi connectivity index (χ0v) is 30.8. The molecule has 7 aromatic carbocycles. The summed E-state index contributed by atoms with van der Waals surface area (Å²) in [5, 5.41) is 3.90. The molecule has 0 atom stereocenters. The first-order chi connectivity index (χ1) is 27.8. The molecular formula is C51H37N5. The molecule has 0 amide bonds. The van der Waals surface area contributed by atoms with Crippen molar-refractivity contribution in [1.29, 1.82) is 0 Å². The smallest absolute Gasteiger partial charge is 0.164 e. The lowest BCUT2D eigenvalue weighted by Crippen LogP contribution is -2.07. The van der Waals surface area contributed by atoms with Crippen LogP contribution in [0.5, 0.6) is 0 Å². The van der Waals surface area contributed by atoms with Crippen molar-refractivity contribution in [2.75, 3.05) is 0 Å². The van der Waals surface area contributed by atoms with Gasteiger partial charge in [0.1, 0.15) is 0 Å². The van der Waals surface area contributed by atoms with E-state index >= 15 is 0 Å². The van der Waals surface area contributed by atoms with Gasteiger partial charge in [-0.15, -0.1) is 0 Å². The van der Waals surface area contributed by atoms with Crippen LogP contribution in [0.1, 0.15) is 24.1 Å². The summed E-state index contributed by atoms with van der Waals surface area (Å²) in [4.78, 5) is 15.4. The minimum Gasteiger partial charge on any atom is -0.313 e. The molecule has 1 aliphatic carbocycles. The molecule has 3 aromatic heterocycles. The Morgan fingerprint density at radius 1 is 0.339 bits per heavy atom. The fourth-order valence-corrected chi connectivity index (χ4v) is 8.76. The molecule has 0 saturated heterocycles. The first-order valence-corrected chi connectivity index (χ1v) is 19.5. The van der Waals surface area contributed by atoms with E-state index in [0.29, 0.717) is 17.5 Å². The first kappa shape index (κ1) is 32.3. The number of para-hydroxylation sites is 2. The Hall–Kier alpha value is -7.11. The van der Waals surface area contributed by atoms with E-state index in [0.717, 1.165) is 52.0 Å². The molecule has 266 valence electrons. The van der Waals surface area contributed by atoms with Crippen LogP contribution in [0.2, 0.25) is 0 Å². The van der Waals surface area contributed by atoms with Gasteiger partial charge in [-0.3, -0.25) is 0 Å². The third kappa shape index (κ3) is 5.43. The van der Waals surface area contributed by atoms with Crippen LogP contribution < -0.4 is 0 Å². The SMILES string of the molecule is c1ccc(-c2cc(-c3nc(-c4ccccc4)nc(-c4ccccc4)n3)cc(-n3c4c(c5cc6c7ccccc7n(-c7ccccc7)c6cc53)CCCC4)c2)cc1. The summed E-state index contributed by atoms with van der Waals surface area (Å²) in [6, 6.07) is 62.4. The number of hydrogen-bond donors (Lipinski definition) is 0. The molecule has 0 aliphatic heterocycles. The first-order valence-electron chi connectivity index (χ1n) is 19.5. The van der Waals surface area contributed by atoms with Gasteiger partial charge in [-0.25, -0.2) is 15.0 Å². The summed E-state index contributed by atoms with van der Waals surface area (Å²) in [7, 11) is 0. The van der Waals surface area contributed by atoms with Crippen molar-refractivity contribution in [2.24, 2.45) is 0 Å². The molecule has 0 spiro atoms. The number of rotatable bonds is 6. The Kier molecular flexibility index (Phi) is 7.69. The van der Waals surface area contributed by atoms with Crippen LogP contribution in [0.3, 0.4) is 0 Å². The van der Waals surface area contributed by atoms with Crippen molar-refractivity contribution >= 4 is 32.7 Å². The van der Waals surface area contributed by atoms with E-state index in [2.05, 4.69) is 149 Å². The van der Waals surface area contributed by atoms with Crippen LogP contribution in [0.4, 0.5) is 0 Å². The second kappa shape index (κ2) is 13.3. The van der Waals surface area contributed by atoms with Crippen molar-refractivity contribution in [3.05, 3.63) is 187 Å². The lowest BCUT2D eigenvalue weighted by molar-refractivity contribution is 0.667. The van der Waals surface area contributed by atoms with Crippen molar-refractivity contribution in [2.45, 2.75) is 25.7 Å².